The minimum absolute atomic E-state index is 0.0709. The molecule has 1 aliphatic heterocycles. The summed E-state index contributed by atoms with van der Waals surface area (Å²) in [6, 6.07) is 1.54. The van der Waals surface area contributed by atoms with E-state index in [4.69, 9.17) is 10.00 Å². The van der Waals surface area contributed by atoms with Gasteiger partial charge in [-0.15, -0.1) is 0 Å². The molecule has 1 N–H and O–H groups in total. The van der Waals surface area contributed by atoms with Crippen LogP contribution in [0.15, 0.2) is 0 Å². The van der Waals surface area contributed by atoms with Crippen molar-refractivity contribution >= 4 is 5.91 Å². The molecule has 3 atom stereocenters. The van der Waals surface area contributed by atoms with Gasteiger partial charge in [-0.05, 0) is 20.3 Å². The van der Waals surface area contributed by atoms with Crippen molar-refractivity contribution in [1.82, 2.24) is 5.32 Å². The summed E-state index contributed by atoms with van der Waals surface area (Å²) < 4.78 is 5.26. The Labute approximate surface area is 77.9 Å². The van der Waals surface area contributed by atoms with E-state index in [1.807, 2.05) is 13.0 Å². The summed E-state index contributed by atoms with van der Waals surface area (Å²) in [6.07, 6.45) is 0.914. The van der Waals surface area contributed by atoms with Crippen LogP contribution in [0, 0.1) is 17.2 Å². The van der Waals surface area contributed by atoms with Crippen LogP contribution in [0.2, 0.25) is 0 Å². The summed E-state index contributed by atoms with van der Waals surface area (Å²) in [5.74, 6) is -0.149. The molecule has 0 aromatic rings. The van der Waals surface area contributed by atoms with Gasteiger partial charge in [0.2, 0.25) is 5.91 Å². The van der Waals surface area contributed by atoms with Gasteiger partial charge < -0.3 is 10.1 Å². The van der Waals surface area contributed by atoms with Crippen molar-refractivity contribution in [3.8, 4) is 6.07 Å². The number of hydrogen-bond acceptors (Lipinski definition) is 3. The molecular formula is C9H14N2O2. The van der Waals surface area contributed by atoms with Gasteiger partial charge in [0.25, 0.3) is 0 Å². The topological polar surface area (TPSA) is 62.1 Å². The molecule has 72 valence electrons. The lowest BCUT2D eigenvalue weighted by Gasteiger charge is -2.10. The van der Waals surface area contributed by atoms with Crippen LogP contribution in [-0.2, 0) is 9.53 Å². The molecule has 1 rings (SSSR count). The molecule has 13 heavy (non-hydrogen) atoms. The summed E-state index contributed by atoms with van der Waals surface area (Å²) in [6.45, 7) is 4.09. The van der Waals surface area contributed by atoms with Crippen LogP contribution in [-0.4, -0.2) is 24.7 Å². The zero-order chi connectivity index (χ0) is 9.84. The number of nitriles is 1. The summed E-state index contributed by atoms with van der Waals surface area (Å²) in [5.41, 5.74) is 0. The molecule has 2 unspecified atom stereocenters. The van der Waals surface area contributed by atoms with E-state index < -0.39 is 6.04 Å². The van der Waals surface area contributed by atoms with Crippen LogP contribution < -0.4 is 5.32 Å². The van der Waals surface area contributed by atoms with Gasteiger partial charge in [-0.1, -0.05) is 0 Å². The predicted octanol–water partition coefficient (Wildman–Crippen LogP) is 0.440. The van der Waals surface area contributed by atoms with Crippen molar-refractivity contribution < 1.29 is 9.53 Å². The van der Waals surface area contributed by atoms with Crippen LogP contribution in [0.3, 0.4) is 0 Å². The SMILES string of the molecule is CC1CC(C(=O)N[C@H](C)C#N)CO1. The minimum atomic E-state index is -0.414. The standard InChI is InChI=1S/C9H14N2O2/c1-6(4-10)11-9(12)8-3-7(2)13-5-8/h6-8H,3,5H2,1-2H3,(H,11,12)/t6-,7?,8?/m1/s1. The Hall–Kier alpha value is -1.08. The van der Waals surface area contributed by atoms with Gasteiger partial charge in [-0.3, -0.25) is 4.79 Å². The van der Waals surface area contributed by atoms with Crippen LogP contribution in [0.5, 0.6) is 0 Å². The fourth-order valence-electron chi connectivity index (χ4n) is 1.36. The van der Waals surface area contributed by atoms with Gasteiger partial charge in [0.05, 0.1) is 24.7 Å². The quantitative estimate of drug-likeness (QED) is 0.674. The van der Waals surface area contributed by atoms with Crippen molar-refractivity contribution in [2.75, 3.05) is 6.61 Å². The van der Waals surface area contributed by atoms with E-state index in [-0.39, 0.29) is 17.9 Å². The molecule has 1 aliphatic rings. The fourth-order valence-corrected chi connectivity index (χ4v) is 1.36. The Morgan fingerprint density at radius 3 is 2.92 bits per heavy atom. The van der Waals surface area contributed by atoms with E-state index in [0.29, 0.717) is 6.61 Å². The summed E-state index contributed by atoms with van der Waals surface area (Å²) in [4.78, 5) is 11.4. The maximum absolute atomic E-state index is 11.4. The maximum atomic E-state index is 11.4. The normalized spacial score (nSPS) is 29.3. The van der Waals surface area contributed by atoms with Crippen LogP contribution in [0.4, 0.5) is 0 Å². The molecule has 1 heterocycles. The highest BCUT2D eigenvalue weighted by atomic mass is 16.5. The number of carbonyl (C=O) groups excluding carboxylic acids is 1. The van der Waals surface area contributed by atoms with E-state index >= 15 is 0 Å². The lowest BCUT2D eigenvalue weighted by atomic mass is 10.1. The number of nitrogens with zero attached hydrogens (tertiary/aromatic N) is 1. The highest BCUT2D eigenvalue weighted by molar-refractivity contribution is 5.79. The van der Waals surface area contributed by atoms with Gasteiger partial charge in [0.15, 0.2) is 0 Å². The third-order valence-electron chi connectivity index (χ3n) is 2.12. The summed E-state index contributed by atoms with van der Waals surface area (Å²) in [5, 5.41) is 11.1. The molecule has 1 saturated heterocycles. The summed E-state index contributed by atoms with van der Waals surface area (Å²) >= 11 is 0. The van der Waals surface area contributed by atoms with Gasteiger partial charge in [0, 0.05) is 0 Å². The molecule has 0 bridgehead atoms. The fraction of sp³-hybridized carbons (Fsp3) is 0.778. The molecule has 1 amide bonds. The van der Waals surface area contributed by atoms with E-state index in [2.05, 4.69) is 5.32 Å². The molecule has 0 aromatic carbocycles. The second-order valence-electron chi connectivity index (χ2n) is 3.44. The Balaban J connectivity index is 2.37. The Bertz CT molecular complexity index is 234. The number of hydrogen-bond donors (Lipinski definition) is 1. The van der Waals surface area contributed by atoms with E-state index in [1.165, 1.54) is 0 Å². The number of nitrogens with one attached hydrogen (secondary N) is 1. The first-order valence-electron chi connectivity index (χ1n) is 4.45. The van der Waals surface area contributed by atoms with Crippen molar-refractivity contribution in [2.24, 2.45) is 5.92 Å². The second kappa shape index (κ2) is 4.24. The molecule has 0 spiro atoms. The number of carbonyl (C=O) groups is 1. The number of amides is 1. The average molecular weight is 182 g/mol. The zero-order valence-electron chi connectivity index (χ0n) is 7.91. The Morgan fingerprint density at radius 2 is 2.46 bits per heavy atom. The predicted molar refractivity (Wildman–Crippen MR) is 46.7 cm³/mol. The smallest absolute Gasteiger partial charge is 0.226 e. The van der Waals surface area contributed by atoms with Crippen molar-refractivity contribution in [3.63, 3.8) is 0 Å². The minimum Gasteiger partial charge on any atom is -0.378 e. The molecule has 0 aromatic heterocycles. The van der Waals surface area contributed by atoms with E-state index in [9.17, 15) is 4.79 Å². The van der Waals surface area contributed by atoms with Crippen LogP contribution in [0.25, 0.3) is 0 Å². The lowest BCUT2D eigenvalue weighted by Crippen LogP contribution is -2.36. The molecule has 0 radical (unpaired) electrons. The maximum Gasteiger partial charge on any atom is 0.226 e. The molecule has 0 aliphatic carbocycles. The number of ether oxygens (including phenoxy) is 1. The highest BCUT2D eigenvalue weighted by Gasteiger charge is 2.28. The lowest BCUT2D eigenvalue weighted by molar-refractivity contribution is -0.125. The van der Waals surface area contributed by atoms with Crippen LogP contribution >= 0.6 is 0 Å². The van der Waals surface area contributed by atoms with E-state index in [1.54, 1.807) is 6.92 Å². The molecule has 1 fully saturated rings. The molecular weight excluding hydrogens is 168 g/mol. The second-order valence-corrected chi connectivity index (χ2v) is 3.44. The third-order valence-corrected chi connectivity index (χ3v) is 2.12. The van der Waals surface area contributed by atoms with Crippen LogP contribution in [0.1, 0.15) is 20.3 Å². The van der Waals surface area contributed by atoms with Gasteiger partial charge in [-0.25, -0.2) is 0 Å². The Kier molecular flexibility index (Phi) is 3.26. The van der Waals surface area contributed by atoms with Crippen molar-refractivity contribution in [1.29, 1.82) is 5.26 Å². The first kappa shape index (κ1) is 10.0. The van der Waals surface area contributed by atoms with Crippen molar-refractivity contribution in [3.05, 3.63) is 0 Å². The average Bonchev–Trinajstić information content (AvgIpc) is 2.51. The highest BCUT2D eigenvalue weighted by Crippen LogP contribution is 2.18. The van der Waals surface area contributed by atoms with Crippen molar-refractivity contribution in [2.45, 2.75) is 32.4 Å². The van der Waals surface area contributed by atoms with Gasteiger partial charge in [-0.2, -0.15) is 5.26 Å². The largest absolute Gasteiger partial charge is 0.378 e. The Morgan fingerprint density at radius 1 is 1.77 bits per heavy atom. The first-order chi connectivity index (χ1) is 6.13. The monoisotopic (exact) mass is 182 g/mol. The van der Waals surface area contributed by atoms with Gasteiger partial charge in [0.1, 0.15) is 6.04 Å². The third kappa shape index (κ3) is 2.71. The summed E-state index contributed by atoms with van der Waals surface area (Å²) in [7, 11) is 0. The van der Waals surface area contributed by atoms with Gasteiger partial charge >= 0.3 is 0 Å². The molecule has 4 nitrogen and oxygen atoms in total. The molecule has 0 saturated carbocycles. The van der Waals surface area contributed by atoms with E-state index in [0.717, 1.165) is 6.42 Å². The zero-order valence-corrected chi connectivity index (χ0v) is 7.91. The number of rotatable bonds is 2. The first-order valence-corrected chi connectivity index (χ1v) is 4.45. The molecule has 4 heteroatoms.